The van der Waals surface area contributed by atoms with Crippen LogP contribution in [0.15, 0.2) is 10.7 Å². The largest absolute Gasteiger partial charge is 0.496 e. The van der Waals surface area contributed by atoms with Gasteiger partial charge in [-0.05, 0) is 6.92 Å². The van der Waals surface area contributed by atoms with E-state index in [1.807, 2.05) is 0 Å². The smallest absolute Gasteiger partial charge is 0.261 e. The third-order valence-electron chi connectivity index (χ3n) is 1.36. The first-order valence-electron chi connectivity index (χ1n) is 3.15. The van der Waals surface area contributed by atoms with Crippen LogP contribution in [0.4, 0.5) is 0 Å². The van der Waals surface area contributed by atoms with Crippen molar-refractivity contribution in [1.29, 1.82) is 0 Å². The van der Waals surface area contributed by atoms with E-state index in [-0.39, 0.29) is 4.91 Å². The third kappa shape index (κ3) is 1.59. The highest BCUT2D eigenvalue weighted by atomic mass is 32.2. The molecular formula is C6H9NO3S. The molecule has 0 aromatic rings. The van der Waals surface area contributed by atoms with Crippen molar-refractivity contribution in [3.8, 4) is 0 Å². The lowest BCUT2D eigenvalue weighted by molar-refractivity contribution is -0.114. The van der Waals surface area contributed by atoms with Crippen LogP contribution in [-0.2, 0) is 20.3 Å². The van der Waals surface area contributed by atoms with E-state index >= 15 is 0 Å². The second-order valence-electron chi connectivity index (χ2n) is 2.15. The molecule has 0 spiro atoms. The van der Waals surface area contributed by atoms with Gasteiger partial charge in [0.1, 0.15) is 10.7 Å². The topological polar surface area (TPSA) is 69.4 Å². The maximum atomic E-state index is 11.1. The summed E-state index contributed by atoms with van der Waals surface area (Å²) in [6, 6.07) is 0. The minimum Gasteiger partial charge on any atom is -0.496 e. The van der Waals surface area contributed by atoms with Crippen LogP contribution in [0.3, 0.4) is 0 Å². The zero-order valence-electron chi connectivity index (χ0n) is 6.12. The fourth-order valence-corrected chi connectivity index (χ4v) is 1.93. The molecule has 5 heteroatoms. The Balaban J connectivity index is 3.01. The van der Waals surface area contributed by atoms with Gasteiger partial charge in [-0.15, -0.1) is 0 Å². The highest BCUT2D eigenvalue weighted by Crippen LogP contribution is 2.15. The van der Waals surface area contributed by atoms with Gasteiger partial charge in [0.2, 0.25) is 0 Å². The second-order valence-corrected chi connectivity index (χ2v) is 3.66. The Morgan fingerprint density at radius 3 is 2.73 bits per heavy atom. The Morgan fingerprint density at radius 1 is 1.73 bits per heavy atom. The van der Waals surface area contributed by atoms with Gasteiger partial charge in [-0.1, -0.05) is 0 Å². The first kappa shape index (κ1) is 8.26. The molecule has 62 valence electrons. The monoisotopic (exact) mass is 175 g/mol. The molecule has 0 saturated carbocycles. The van der Waals surface area contributed by atoms with Gasteiger partial charge in [-0.25, -0.2) is 0 Å². The van der Waals surface area contributed by atoms with Crippen LogP contribution in [0, 0.1) is 0 Å². The lowest BCUT2D eigenvalue weighted by atomic mass is 10.4. The van der Waals surface area contributed by atoms with E-state index in [0.29, 0.717) is 18.1 Å². The summed E-state index contributed by atoms with van der Waals surface area (Å²) in [4.78, 5) is 10.8. The van der Waals surface area contributed by atoms with E-state index in [0.717, 1.165) is 0 Å². The summed E-state index contributed by atoms with van der Waals surface area (Å²) in [5, 5.41) is 0. The number of primary amides is 1. The molecule has 1 amide bonds. The van der Waals surface area contributed by atoms with Gasteiger partial charge in [0, 0.05) is 0 Å². The molecule has 0 bridgehead atoms. The summed E-state index contributed by atoms with van der Waals surface area (Å²) in [6.07, 6.45) is 0. The Kier molecular flexibility index (Phi) is 2.28. The van der Waals surface area contributed by atoms with Crippen molar-refractivity contribution in [2.45, 2.75) is 6.92 Å². The molecule has 0 saturated heterocycles. The van der Waals surface area contributed by atoms with Gasteiger partial charge in [-0.2, -0.15) is 0 Å². The van der Waals surface area contributed by atoms with Gasteiger partial charge in [0.15, 0.2) is 0 Å². The number of hydrogen-bond donors (Lipinski definition) is 1. The Hall–Kier alpha value is -0.840. The number of carbonyl (C=O) groups excluding carboxylic acids is 1. The zero-order valence-corrected chi connectivity index (χ0v) is 6.94. The average molecular weight is 175 g/mol. The van der Waals surface area contributed by atoms with Gasteiger partial charge in [-0.3, -0.25) is 9.00 Å². The second kappa shape index (κ2) is 3.04. The number of nitrogens with two attached hydrogens (primary N) is 1. The van der Waals surface area contributed by atoms with Gasteiger partial charge in [0.25, 0.3) is 5.91 Å². The molecule has 11 heavy (non-hydrogen) atoms. The quantitative estimate of drug-likeness (QED) is 0.583. The van der Waals surface area contributed by atoms with Crippen LogP contribution in [0.2, 0.25) is 0 Å². The van der Waals surface area contributed by atoms with Crippen molar-refractivity contribution in [3.05, 3.63) is 10.7 Å². The van der Waals surface area contributed by atoms with E-state index < -0.39 is 16.7 Å². The van der Waals surface area contributed by atoms with Crippen molar-refractivity contribution in [2.75, 3.05) is 12.4 Å². The van der Waals surface area contributed by atoms with E-state index in [1.165, 1.54) is 0 Å². The number of ether oxygens (including phenoxy) is 1. The summed E-state index contributed by atoms with van der Waals surface area (Å²) >= 11 is 0. The van der Waals surface area contributed by atoms with E-state index in [4.69, 9.17) is 10.5 Å². The van der Waals surface area contributed by atoms with Gasteiger partial charge >= 0.3 is 0 Å². The summed E-state index contributed by atoms with van der Waals surface area (Å²) in [5.41, 5.74) is 4.98. The van der Waals surface area contributed by atoms with Crippen LogP contribution < -0.4 is 5.73 Å². The lowest BCUT2D eigenvalue weighted by Crippen LogP contribution is -2.25. The van der Waals surface area contributed by atoms with Crippen LogP contribution >= 0.6 is 0 Å². The molecule has 1 aliphatic heterocycles. The molecule has 2 N–H and O–H groups in total. The van der Waals surface area contributed by atoms with Crippen molar-refractivity contribution in [2.24, 2.45) is 5.73 Å². The van der Waals surface area contributed by atoms with Gasteiger partial charge < -0.3 is 10.5 Å². The summed E-state index contributed by atoms with van der Waals surface area (Å²) in [5.74, 6) is 0.0953. The normalized spacial score (nSPS) is 24.6. The molecule has 0 aliphatic carbocycles. The highest BCUT2D eigenvalue weighted by Gasteiger charge is 2.22. The predicted molar refractivity (Wildman–Crippen MR) is 40.9 cm³/mol. The standard InChI is InChI=1S/C6H9NO3S/c1-4-5(6(7)8)11(9)3-2-10-4/h2-3H2,1H3,(H2,7,8). The summed E-state index contributed by atoms with van der Waals surface area (Å²) in [6.45, 7) is 1.99. The number of carbonyl (C=O) groups is 1. The van der Waals surface area contributed by atoms with E-state index in [1.54, 1.807) is 6.92 Å². The van der Waals surface area contributed by atoms with Crippen LogP contribution in [0.1, 0.15) is 6.92 Å². The van der Waals surface area contributed by atoms with Crippen molar-refractivity contribution >= 4 is 16.7 Å². The first-order chi connectivity index (χ1) is 5.13. The molecule has 1 aliphatic rings. The third-order valence-corrected chi connectivity index (χ3v) is 2.84. The molecule has 1 rings (SSSR count). The number of amides is 1. The Labute approximate surface area is 66.9 Å². The minimum atomic E-state index is -1.26. The molecule has 1 unspecified atom stereocenters. The minimum absolute atomic E-state index is 0.122. The molecule has 1 heterocycles. The predicted octanol–water partition coefficient (Wildman–Crippen LogP) is -0.518. The highest BCUT2D eigenvalue weighted by molar-refractivity contribution is 7.90. The zero-order chi connectivity index (χ0) is 8.43. The molecule has 0 aromatic heterocycles. The van der Waals surface area contributed by atoms with Crippen molar-refractivity contribution < 1.29 is 13.7 Å². The van der Waals surface area contributed by atoms with E-state index in [2.05, 4.69) is 0 Å². The van der Waals surface area contributed by atoms with Crippen LogP contribution in [0.25, 0.3) is 0 Å². The molecule has 0 fully saturated rings. The fraction of sp³-hybridized carbons (Fsp3) is 0.500. The van der Waals surface area contributed by atoms with Gasteiger partial charge in [0.05, 0.1) is 23.2 Å². The molecule has 1 atom stereocenters. The molecular weight excluding hydrogens is 166 g/mol. The van der Waals surface area contributed by atoms with Crippen molar-refractivity contribution in [1.82, 2.24) is 0 Å². The Bertz CT molecular complexity index is 246. The summed E-state index contributed by atoms with van der Waals surface area (Å²) < 4.78 is 16.1. The first-order valence-corrected chi connectivity index (χ1v) is 4.46. The Morgan fingerprint density at radius 2 is 2.36 bits per heavy atom. The number of allylic oxidation sites excluding steroid dienone is 1. The number of rotatable bonds is 1. The molecule has 4 nitrogen and oxygen atoms in total. The maximum absolute atomic E-state index is 11.1. The lowest BCUT2D eigenvalue weighted by Gasteiger charge is -2.15. The van der Waals surface area contributed by atoms with Crippen LogP contribution in [0.5, 0.6) is 0 Å². The van der Waals surface area contributed by atoms with Crippen molar-refractivity contribution in [3.63, 3.8) is 0 Å². The van der Waals surface area contributed by atoms with E-state index in [9.17, 15) is 9.00 Å². The fourth-order valence-electron chi connectivity index (χ4n) is 0.884. The molecule has 0 aromatic carbocycles. The van der Waals surface area contributed by atoms with Crippen LogP contribution in [-0.4, -0.2) is 22.5 Å². The maximum Gasteiger partial charge on any atom is 0.261 e. The SMILES string of the molecule is CC1=C(C(N)=O)S(=O)CCO1. The molecule has 0 radical (unpaired) electrons. The summed E-state index contributed by atoms with van der Waals surface area (Å²) in [7, 11) is -1.26. The number of hydrogen-bond acceptors (Lipinski definition) is 3. The average Bonchev–Trinajstić information content (AvgIpc) is 1.85.